The van der Waals surface area contributed by atoms with Crippen LogP contribution in [0.15, 0.2) is 18.2 Å². The van der Waals surface area contributed by atoms with E-state index in [1.807, 2.05) is 11.9 Å². The van der Waals surface area contributed by atoms with E-state index in [0.29, 0.717) is 6.61 Å². The Labute approximate surface area is 101 Å². The van der Waals surface area contributed by atoms with Crippen molar-refractivity contribution in [2.75, 3.05) is 37.9 Å². The first-order valence-corrected chi connectivity index (χ1v) is 5.39. The van der Waals surface area contributed by atoms with Gasteiger partial charge in [0.2, 0.25) is 0 Å². The summed E-state index contributed by atoms with van der Waals surface area (Å²) in [7, 11) is 3.60. The number of nitrogens with two attached hydrogens (primary N) is 1. The van der Waals surface area contributed by atoms with Gasteiger partial charge in [-0.05, 0) is 24.6 Å². The Kier molecular flexibility index (Phi) is 4.78. The summed E-state index contributed by atoms with van der Waals surface area (Å²) in [6.07, 6.45) is 0.910. The van der Waals surface area contributed by atoms with E-state index in [1.165, 1.54) is 6.07 Å². The van der Waals surface area contributed by atoms with Gasteiger partial charge in [-0.2, -0.15) is 0 Å². The molecule has 0 bridgehead atoms. The van der Waals surface area contributed by atoms with Crippen LogP contribution in [0.3, 0.4) is 0 Å². The standard InChI is InChI=1S/C12H18N2O3/c1-14(6-3-7-17-2)9-4-5-10(12(15)16)11(13)8-9/h4-5,8H,3,6-7,13H2,1-2H3,(H,15,16). The molecule has 94 valence electrons. The SMILES string of the molecule is COCCCN(C)c1ccc(C(=O)O)c(N)c1. The van der Waals surface area contributed by atoms with Gasteiger partial charge in [-0.15, -0.1) is 0 Å². The number of methoxy groups -OCH3 is 1. The summed E-state index contributed by atoms with van der Waals surface area (Å²) >= 11 is 0. The van der Waals surface area contributed by atoms with Crippen LogP contribution in [0.5, 0.6) is 0 Å². The molecular weight excluding hydrogens is 220 g/mol. The van der Waals surface area contributed by atoms with Gasteiger partial charge in [0.05, 0.1) is 5.56 Å². The zero-order valence-electron chi connectivity index (χ0n) is 10.1. The zero-order chi connectivity index (χ0) is 12.8. The average molecular weight is 238 g/mol. The fraction of sp³-hybridized carbons (Fsp3) is 0.417. The zero-order valence-corrected chi connectivity index (χ0v) is 10.1. The van der Waals surface area contributed by atoms with Crippen LogP contribution in [0, 0.1) is 0 Å². The molecule has 0 amide bonds. The number of carboxylic acids is 1. The van der Waals surface area contributed by atoms with Gasteiger partial charge in [0.15, 0.2) is 0 Å². The first-order valence-electron chi connectivity index (χ1n) is 5.39. The molecule has 0 aliphatic rings. The van der Waals surface area contributed by atoms with E-state index in [4.69, 9.17) is 15.6 Å². The lowest BCUT2D eigenvalue weighted by atomic mass is 10.1. The van der Waals surface area contributed by atoms with Crippen LogP contribution in [0.4, 0.5) is 11.4 Å². The van der Waals surface area contributed by atoms with E-state index in [1.54, 1.807) is 19.2 Å². The number of nitrogen functional groups attached to an aromatic ring is 1. The monoisotopic (exact) mass is 238 g/mol. The van der Waals surface area contributed by atoms with E-state index in [-0.39, 0.29) is 11.3 Å². The van der Waals surface area contributed by atoms with Gasteiger partial charge in [-0.3, -0.25) is 0 Å². The highest BCUT2D eigenvalue weighted by Gasteiger charge is 2.09. The highest BCUT2D eigenvalue weighted by Crippen LogP contribution is 2.20. The summed E-state index contributed by atoms with van der Waals surface area (Å²) in [6, 6.07) is 4.96. The smallest absolute Gasteiger partial charge is 0.337 e. The maximum Gasteiger partial charge on any atom is 0.337 e. The average Bonchev–Trinajstić information content (AvgIpc) is 2.28. The molecule has 0 radical (unpaired) electrons. The Bertz CT molecular complexity index is 393. The molecule has 0 aliphatic carbocycles. The van der Waals surface area contributed by atoms with Crippen molar-refractivity contribution in [2.24, 2.45) is 0 Å². The summed E-state index contributed by atoms with van der Waals surface area (Å²) in [4.78, 5) is 12.8. The maximum absolute atomic E-state index is 10.8. The molecule has 0 atom stereocenters. The van der Waals surface area contributed by atoms with Crippen molar-refractivity contribution in [2.45, 2.75) is 6.42 Å². The molecule has 17 heavy (non-hydrogen) atoms. The molecule has 0 spiro atoms. The maximum atomic E-state index is 10.8. The normalized spacial score (nSPS) is 10.2. The van der Waals surface area contributed by atoms with Crippen molar-refractivity contribution < 1.29 is 14.6 Å². The molecule has 0 unspecified atom stereocenters. The number of carboxylic acid groups (broad SMARTS) is 1. The number of anilines is 2. The summed E-state index contributed by atoms with van der Waals surface area (Å²) in [5.41, 5.74) is 7.01. The number of benzene rings is 1. The molecule has 5 heteroatoms. The number of aromatic carboxylic acids is 1. The highest BCUT2D eigenvalue weighted by atomic mass is 16.5. The van der Waals surface area contributed by atoms with E-state index < -0.39 is 5.97 Å². The Hall–Kier alpha value is -1.75. The second kappa shape index (κ2) is 6.10. The third-order valence-corrected chi connectivity index (χ3v) is 2.55. The second-order valence-electron chi connectivity index (χ2n) is 3.84. The summed E-state index contributed by atoms with van der Waals surface area (Å²) in [6.45, 7) is 1.53. The van der Waals surface area contributed by atoms with Crippen molar-refractivity contribution in [1.82, 2.24) is 0 Å². The van der Waals surface area contributed by atoms with Crippen LogP contribution in [0.1, 0.15) is 16.8 Å². The Morgan fingerprint density at radius 1 is 1.53 bits per heavy atom. The van der Waals surface area contributed by atoms with Crippen LogP contribution in [0.2, 0.25) is 0 Å². The van der Waals surface area contributed by atoms with Gasteiger partial charge in [-0.1, -0.05) is 0 Å². The van der Waals surface area contributed by atoms with Gasteiger partial charge in [0, 0.05) is 38.7 Å². The van der Waals surface area contributed by atoms with Crippen molar-refractivity contribution in [3.05, 3.63) is 23.8 Å². The van der Waals surface area contributed by atoms with Crippen molar-refractivity contribution >= 4 is 17.3 Å². The quantitative estimate of drug-likeness (QED) is 0.579. The minimum absolute atomic E-state index is 0.138. The number of rotatable bonds is 6. The van der Waals surface area contributed by atoms with Gasteiger partial charge in [-0.25, -0.2) is 4.79 Å². The molecule has 0 aliphatic heterocycles. The summed E-state index contributed by atoms with van der Waals surface area (Å²) in [5.74, 6) is -1.00. The Balaban J connectivity index is 2.72. The lowest BCUT2D eigenvalue weighted by Gasteiger charge is -2.19. The van der Waals surface area contributed by atoms with Gasteiger partial charge in [0.1, 0.15) is 0 Å². The highest BCUT2D eigenvalue weighted by molar-refractivity contribution is 5.94. The molecule has 0 aromatic heterocycles. The molecule has 5 nitrogen and oxygen atoms in total. The van der Waals surface area contributed by atoms with Crippen LogP contribution in [0.25, 0.3) is 0 Å². The largest absolute Gasteiger partial charge is 0.478 e. The molecular formula is C12H18N2O3. The van der Waals surface area contributed by atoms with Gasteiger partial charge >= 0.3 is 5.97 Å². The Morgan fingerprint density at radius 2 is 2.24 bits per heavy atom. The summed E-state index contributed by atoms with van der Waals surface area (Å²) < 4.78 is 4.97. The number of carbonyl (C=O) groups is 1. The first-order chi connectivity index (χ1) is 8.06. The van der Waals surface area contributed by atoms with E-state index in [9.17, 15) is 4.79 Å². The third kappa shape index (κ3) is 3.64. The first kappa shape index (κ1) is 13.3. The van der Waals surface area contributed by atoms with Crippen LogP contribution >= 0.6 is 0 Å². The lowest BCUT2D eigenvalue weighted by molar-refractivity contribution is 0.0698. The third-order valence-electron chi connectivity index (χ3n) is 2.55. The fourth-order valence-corrected chi connectivity index (χ4v) is 1.56. The molecule has 0 saturated carbocycles. The predicted octanol–water partition coefficient (Wildman–Crippen LogP) is 1.44. The molecule has 0 saturated heterocycles. The topological polar surface area (TPSA) is 75.8 Å². The van der Waals surface area contributed by atoms with Crippen molar-refractivity contribution in [3.8, 4) is 0 Å². The second-order valence-corrected chi connectivity index (χ2v) is 3.84. The molecule has 3 N–H and O–H groups in total. The van der Waals surface area contributed by atoms with Crippen LogP contribution in [-0.2, 0) is 4.74 Å². The molecule has 1 aromatic rings. The molecule has 0 heterocycles. The Morgan fingerprint density at radius 3 is 2.76 bits per heavy atom. The minimum atomic E-state index is -1.00. The minimum Gasteiger partial charge on any atom is -0.478 e. The fourth-order valence-electron chi connectivity index (χ4n) is 1.56. The van der Waals surface area contributed by atoms with E-state index >= 15 is 0 Å². The number of ether oxygens (including phenoxy) is 1. The number of hydrogen-bond donors (Lipinski definition) is 2. The molecule has 0 fully saturated rings. The van der Waals surface area contributed by atoms with Gasteiger partial charge < -0.3 is 20.5 Å². The number of nitrogens with zero attached hydrogens (tertiary/aromatic N) is 1. The van der Waals surface area contributed by atoms with Crippen molar-refractivity contribution in [1.29, 1.82) is 0 Å². The molecule has 1 aromatic carbocycles. The summed E-state index contributed by atoms with van der Waals surface area (Å²) in [5, 5.41) is 8.86. The number of hydrogen-bond acceptors (Lipinski definition) is 4. The van der Waals surface area contributed by atoms with Crippen molar-refractivity contribution in [3.63, 3.8) is 0 Å². The van der Waals surface area contributed by atoms with E-state index in [2.05, 4.69) is 0 Å². The van der Waals surface area contributed by atoms with Crippen LogP contribution < -0.4 is 10.6 Å². The predicted molar refractivity (Wildman–Crippen MR) is 67.6 cm³/mol. The van der Waals surface area contributed by atoms with Gasteiger partial charge in [0.25, 0.3) is 0 Å². The van der Waals surface area contributed by atoms with Crippen LogP contribution in [-0.4, -0.2) is 38.4 Å². The lowest BCUT2D eigenvalue weighted by Crippen LogP contribution is -2.20. The molecule has 1 rings (SSSR count). The van der Waals surface area contributed by atoms with E-state index in [0.717, 1.165) is 18.7 Å².